The van der Waals surface area contributed by atoms with Gasteiger partial charge in [0.25, 0.3) is 5.91 Å². The topological polar surface area (TPSA) is 48.5 Å². The molecule has 114 valence electrons. The third kappa shape index (κ3) is 2.80. The lowest BCUT2D eigenvalue weighted by molar-refractivity contribution is 0.0926. The highest BCUT2D eigenvalue weighted by atomic mass is 16.2. The van der Waals surface area contributed by atoms with Crippen LogP contribution in [0.2, 0.25) is 0 Å². The molecule has 1 atom stereocenters. The molecule has 0 saturated carbocycles. The number of nitrogens with one attached hydrogen (secondary N) is 1. The predicted molar refractivity (Wildman–Crippen MR) is 86.8 cm³/mol. The van der Waals surface area contributed by atoms with Gasteiger partial charge in [0.1, 0.15) is 6.17 Å². The Morgan fingerprint density at radius 3 is 2.64 bits per heavy atom. The van der Waals surface area contributed by atoms with Crippen molar-refractivity contribution >= 4 is 11.6 Å². The fourth-order valence-electron chi connectivity index (χ4n) is 2.70. The maximum Gasteiger partial charge on any atom is 0.255 e. The van der Waals surface area contributed by atoms with E-state index in [-0.39, 0.29) is 12.1 Å². The standard InChI is InChI=1S/C17H20N4O/c1-20(2)11-12-21-15-6-4-3-5-14(15)17(22)19-16(21)13-7-9-18-10-8-13/h3-10,16H,11-12H2,1-2H3,(H,19,22). The number of aromatic nitrogens is 1. The van der Waals surface area contributed by atoms with Crippen LogP contribution in [0, 0.1) is 0 Å². The first-order chi connectivity index (χ1) is 10.7. The number of hydrogen-bond acceptors (Lipinski definition) is 4. The maximum atomic E-state index is 12.4. The summed E-state index contributed by atoms with van der Waals surface area (Å²) in [4.78, 5) is 20.8. The van der Waals surface area contributed by atoms with E-state index >= 15 is 0 Å². The van der Waals surface area contributed by atoms with Gasteiger partial charge in [-0.05, 0) is 43.9 Å². The summed E-state index contributed by atoms with van der Waals surface area (Å²) in [7, 11) is 4.10. The van der Waals surface area contributed by atoms with Crippen LogP contribution >= 0.6 is 0 Å². The summed E-state index contributed by atoms with van der Waals surface area (Å²) >= 11 is 0. The van der Waals surface area contributed by atoms with Gasteiger partial charge >= 0.3 is 0 Å². The van der Waals surface area contributed by atoms with Crippen molar-refractivity contribution in [1.29, 1.82) is 0 Å². The Kier molecular flexibility index (Phi) is 4.06. The molecule has 22 heavy (non-hydrogen) atoms. The number of likely N-dealkylation sites (N-methyl/N-ethyl adjacent to an activating group) is 1. The number of amides is 1. The molecule has 2 aromatic rings. The molecule has 0 saturated heterocycles. The van der Waals surface area contributed by atoms with Gasteiger partial charge in [0.05, 0.1) is 11.3 Å². The lowest BCUT2D eigenvalue weighted by Crippen LogP contribution is -2.48. The van der Waals surface area contributed by atoms with Crippen molar-refractivity contribution in [2.75, 3.05) is 32.1 Å². The van der Waals surface area contributed by atoms with Crippen LogP contribution in [-0.4, -0.2) is 43.0 Å². The number of rotatable bonds is 4. The van der Waals surface area contributed by atoms with E-state index in [1.807, 2.05) is 36.4 Å². The molecule has 1 N–H and O–H groups in total. The minimum atomic E-state index is -0.162. The molecule has 0 fully saturated rings. The molecule has 5 nitrogen and oxygen atoms in total. The molecule has 1 aliphatic heterocycles. The average Bonchev–Trinajstić information content (AvgIpc) is 2.54. The Labute approximate surface area is 130 Å². The summed E-state index contributed by atoms with van der Waals surface area (Å²) in [6.45, 7) is 1.74. The fourth-order valence-corrected chi connectivity index (χ4v) is 2.70. The van der Waals surface area contributed by atoms with Crippen LogP contribution < -0.4 is 10.2 Å². The molecular formula is C17H20N4O. The summed E-state index contributed by atoms with van der Waals surface area (Å²) in [6, 6.07) is 11.6. The zero-order valence-corrected chi connectivity index (χ0v) is 12.9. The molecule has 1 aromatic heterocycles. The third-order valence-corrected chi connectivity index (χ3v) is 3.85. The van der Waals surface area contributed by atoms with E-state index in [1.54, 1.807) is 12.4 Å². The van der Waals surface area contributed by atoms with Gasteiger partial charge in [-0.15, -0.1) is 0 Å². The molecule has 5 heteroatoms. The molecular weight excluding hydrogens is 276 g/mol. The minimum absolute atomic E-state index is 0.0292. The van der Waals surface area contributed by atoms with E-state index in [9.17, 15) is 4.79 Å². The Morgan fingerprint density at radius 1 is 1.18 bits per heavy atom. The largest absolute Gasteiger partial charge is 0.345 e. The summed E-state index contributed by atoms with van der Waals surface area (Å²) in [6.07, 6.45) is 3.35. The smallest absolute Gasteiger partial charge is 0.255 e. The number of fused-ring (bicyclic) bond motifs is 1. The molecule has 0 bridgehead atoms. The van der Waals surface area contributed by atoms with Crippen molar-refractivity contribution < 1.29 is 4.79 Å². The number of para-hydroxylation sites is 1. The Morgan fingerprint density at radius 2 is 1.91 bits per heavy atom. The molecule has 2 heterocycles. The number of nitrogens with zero attached hydrogens (tertiary/aromatic N) is 3. The summed E-state index contributed by atoms with van der Waals surface area (Å²) < 4.78 is 0. The molecule has 1 unspecified atom stereocenters. The van der Waals surface area contributed by atoms with Gasteiger partial charge in [-0.3, -0.25) is 9.78 Å². The van der Waals surface area contributed by atoms with Crippen LogP contribution in [0.25, 0.3) is 0 Å². The van der Waals surface area contributed by atoms with Crippen LogP contribution in [0.15, 0.2) is 48.8 Å². The zero-order valence-electron chi connectivity index (χ0n) is 12.9. The third-order valence-electron chi connectivity index (χ3n) is 3.85. The SMILES string of the molecule is CN(C)CCN1c2ccccc2C(=O)NC1c1ccncc1. The van der Waals surface area contributed by atoms with Gasteiger partial charge in [-0.1, -0.05) is 12.1 Å². The highest BCUT2D eigenvalue weighted by molar-refractivity contribution is 6.02. The van der Waals surface area contributed by atoms with Crippen LogP contribution in [0.3, 0.4) is 0 Å². The second-order valence-corrected chi connectivity index (χ2v) is 5.67. The second-order valence-electron chi connectivity index (χ2n) is 5.67. The molecule has 1 aromatic carbocycles. The summed E-state index contributed by atoms with van der Waals surface area (Å²) in [5.74, 6) is -0.0292. The van der Waals surface area contributed by atoms with Crippen molar-refractivity contribution in [3.63, 3.8) is 0 Å². The number of carbonyl (C=O) groups is 1. The Hall–Kier alpha value is -2.40. The van der Waals surface area contributed by atoms with Gasteiger partial charge in [-0.25, -0.2) is 0 Å². The molecule has 0 spiro atoms. The first kappa shape index (κ1) is 14.5. The van der Waals surface area contributed by atoms with Crippen molar-refractivity contribution in [3.8, 4) is 0 Å². The van der Waals surface area contributed by atoms with Crippen molar-refractivity contribution in [3.05, 3.63) is 59.9 Å². The van der Waals surface area contributed by atoms with Gasteiger partial charge < -0.3 is 15.1 Å². The monoisotopic (exact) mass is 296 g/mol. The lowest BCUT2D eigenvalue weighted by atomic mass is 10.0. The highest BCUT2D eigenvalue weighted by Gasteiger charge is 2.31. The first-order valence-electron chi connectivity index (χ1n) is 7.38. The van der Waals surface area contributed by atoms with Crippen LogP contribution in [-0.2, 0) is 0 Å². The number of hydrogen-bond donors (Lipinski definition) is 1. The highest BCUT2D eigenvalue weighted by Crippen LogP contribution is 2.32. The van der Waals surface area contributed by atoms with E-state index in [0.29, 0.717) is 0 Å². The minimum Gasteiger partial charge on any atom is -0.345 e. The van der Waals surface area contributed by atoms with Crippen LogP contribution in [0.4, 0.5) is 5.69 Å². The summed E-state index contributed by atoms with van der Waals surface area (Å²) in [5, 5.41) is 3.10. The number of benzene rings is 1. The van der Waals surface area contributed by atoms with E-state index in [1.165, 1.54) is 0 Å². The number of pyridine rings is 1. The molecule has 0 aliphatic carbocycles. The average molecular weight is 296 g/mol. The van der Waals surface area contributed by atoms with Gasteiger partial charge in [-0.2, -0.15) is 0 Å². The Balaban J connectivity index is 2.00. The van der Waals surface area contributed by atoms with E-state index in [0.717, 1.165) is 29.9 Å². The quantitative estimate of drug-likeness (QED) is 0.936. The van der Waals surface area contributed by atoms with Crippen molar-refractivity contribution in [2.45, 2.75) is 6.17 Å². The van der Waals surface area contributed by atoms with Gasteiger partial charge in [0.2, 0.25) is 0 Å². The number of carbonyl (C=O) groups excluding carboxylic acids is 1. The van der Waals surface area contributed by atoms with Crippen molar-refractivity contribution in [1.82, 2.24) is 15.2 Å². The van der Waals surface area contributed by atoms with E-state index in [2.05, 4.69) is 34.2 Å². The van der Waals surface area contributed by atoms with Gasteiger partial charge in [0.15, 0.2) is 0 Å². The van der Waals surface area contributed by atoms with Crippen LogP contribution in [0.5, 0.6) is 0 Å². The lowest BCUT2D eigenvalue weighted by Gasteiger charge is -2.39. The normalized spacial score (nSPS) is 17.3. The van der Waals surface area contributed by atoms with Gasteiger partial charge in [0, 0.05) is 25.5 Å². The zero-order chi connectivity index (χ0) is 15.5. The number of anilines is 1. The first-order valence-corrected chi connectivity index (χ1v) is 7.38. The molecule has 0 radical (unpaired) electrons. The van der Waals surface area contributed by atoms with E-state index < -0.39 is 0 Å². The second kappa shape index (κ2) is 6.15. The van der Waals surface area contributed by atoms with Crippen molar-refractivity contribution in [2.24, 2.45) is 0 Å². The van der Waals surface area contributed by atoms with Crippen LogP contribution in [0.1, 0.15) is 22.1 Å². The Bertz CT molecular complexity index is 657. The molecule has 1 amide bonds. The van der Waals surface area contributed by atoms with E-state index in [4.69, 9.17) is 0 Å². The molecule has 1 aliphatic rings. The maximum absolute atomic E-state index is 12.4. The summed E-state index contributed by atoms with van der Waals surface area (Å²) in [5.41, 5.74) is 2.75. The fraction of sp³-hybridized carbons (Fsp3) is 0.294. The predicted octanol–water partition coefficient (Wildman–Crippen LogP) is 1.89. The molecule has 3 rings (SSSR count).